The van der Waals surface area contributed by atoms with Gasteiger partial charge in [0, 0.05) is 24.0 Å². The van der Waals surface area contributed by atoms with Gasteiger partial charge in [0.25, 0.3) is 10.0 Å². The zero-order valence-electron chi connectivity index (χ0n) is 26.8. The molecule has 0 bridgehead atoms. The maximum absolute atomic E-state index is 14.6. The summed E-state index contributed by atoms with van der Waals surface area (Å²) in [5.74, 6) is -0.589. The molecule has 0 radical (unpaired) electrons. The lowest BCUT2D eigenvalue weighted by molar-refractivity contribution is -0.140. The molecule has 2 atom stereocenters. The van der Waals surface area contributed by atoms with Crippen molar-refractivity contribution in [3.63, 3.8) is 0 Å². The standard InChI is InChI=1S/C36H39Cl2N3O5S/c1-5-26(3)39-36(43)33(21-27-10-7-6-8-11-27)40(23-28-12-9-13-29(37)20-28)35(42)24-41(30-16-19-34(46-4)32(38)22-30)47(44,45)31-17-14-25(2)15-18-31/h6-20,22,26,33H,5,21,23-24H2,1-4H3,(H,39,43)/t26-,33+/m1/s1. The van der Waals surface area contributed by atoms with Crippen LogP contribution >= 0.6 is 23.2 Å². The first-order valence-electron chi connectivity index (χ1n) is 15.2. The van der Waals surface area contributed by atoms with Crippen molar-refractivity contribution in [1.29, 1.82) is 0 Å². The van der Waals surface area contributed by atoms with Crippen LogP contribution in [0, 0.1) is 6.92 Å². The largest absolute Gasteiger partial charge is 0.495 e. The first kappa shape index (κ1) is 35.8. The number of carbonyl (C=O) groups is 2. The summed E-state index contributed by atoms with van der Waals surface area (Å²) in [5.41, 5.74) is 2.56. The highest BCUT2D eigenvalue weighted by molar-refractivity contribution is 7.92. The van der Waals surface area contributed by atoms with Gasteiger partial charge >= 0.3 is 0 Å². The van der Waals surface area contributed by atoms with Crippen molar-refractivity contribution in [1.82, 2.24) is 10.2 Å². The number of rotatable bonds is 14. The van der Waals surface area contributed by atoms with Gasteiger partial charge in [0.1, 0.15) is 18.3 Å². The molecule has 2 amide bonds. The van der Waals surface area contributed by atoms with E-state index in [1.165, 1.54) is 36.3 Å². The molecule has 1 N–H and O–H groups in total. The third kappa shape index (κ3) is 9.28. The van der Waals surface area contributed by atoms with E-state index in [0.717, 1.165) is 15.4 Å². The molecule has 0 aromatic heterocycles. The molecule has 0 heterocycles. The molecule has 248 valence electrons. The predicted octanol–water partition coefficient (Wildman–Crippen LogP) is 7.06. The fourth-order valence-corrected chi connectivity index (χ4v) is 6.87. The van der Waals surface area contributed by atoms with Gasteiger partial charge in [0.15, 0.2) is 0 Å². The Balaban J connectivity index is 1.83. The van der Waals surface area contributed by atoms with Gasteiger partial charge in [-0.25, -0.2) is 8.42 Å². The monoisotopic (exact) mass is 695 g/mol. The molecule has 0 fully saturated rings. The second kappa shape index (κ2) is 16.2. The van der Waals surface area contributed by atoms with Crippen molar-refractivity contribution < 1.29 is 22.7 Å². The number of nitrogens with zero attached hydrogens (tertiary/aromatic N) is 2. The van der Waals surface area contributed by atoms with Crippen molar-refractivity contribution in [2.45, 2.75) is 57.1 Å². The number of benzene rings is 4. The van der Waals surface area contributed by atoms with E-state index in [0.29, 0.717) is 22.8 Å². The summed E-state index contributed by atoms with van der Waals surface area (Å²) in [6.45, 7) is 5.10. The summed E-state index contributed by atoms with van der Waals surface area (Å²) in [4.78, 5) is 30.0. The Morgan fingerprint density at radius 2 is 1.57 bits per heavy atom. The lowest BCUT2D eigenvalue weighted by Crippen LogP contribution is -2.54. The number of hydrogen-bond donors (Lipinski definition) is 1. The minimum absolute atomic E-state index is 0.000388. The van der Waals surface area contributed by atoms with Crippen molar-refractivity contribution in [3.05, 3.63) is 124 Å². The zero-order chi connectivity index (χ0) is 34.1. The normalized spacial score (nSPS) is 12.6. The van der Waals surface area contributed by atoms with Crippen LogP contribution in [0.2, 0.25) is 10.0 Å². The van der Waals surface area contributed by atoms with Crippen LogP contribution in [0.15, 0.2) is 102 Å². The number of amides is 2. The molecule has 11 heteroatoms. The Labute approximate surface area is 287 Å². The number of sulfonamides is 1. The number of anilines is 1. The molecule has 47 heavy (non-hydrogen) atoms. The van der Waals surface area contributed by atoms with E-state index in [1.807, 2.05) is 57.2 Å². The molecule has 0 aliphatic heterocycles. The van der Waals surface area contributed by atoms with E-state index >= 15 is 0 Å². The highest BCUT2D eigenvalue weighted by atomic mass is 35.5. The smallest absolute Gasteiger partial charge is 0.264 e. The quantitative estimate of drug-likeness (QED) is 0.152. The number of methoxy groups -OCH3 is 1. The number of aryl methyl sites for hydroxylation is 1. The Bertz CT molecular complexity index is 1790. The molecule has 4 aromatic carbocycles. The third-order valence-corrected chi connectivity index (χ3v) is 10.1. The minimum atomic E-state index is -4.28. The van der Waals surface area contributed by atoms with Gasteiger partial charge in [0.2, 0.25) is 11.8 Å². The third-order valence-electron chi connectivity index (χ3n) is 7.83. The highest BCUT2D eigenvalue weighted by Crippen LogP contribution is 2.32. The molecule has 4 rings (SSSR count). The highest BCUT2D eigenvalue weighted by Gasteiger charge is 2.35. The summed E-state index contributed by atoms with van der Waals surface area (Å²) in [7, 11) is -2.82. The van der Waals surface area contributed by atoms with E-state index in [1.54, 1.807) is 36.4 Å². The van der Waals surface area contributed by atoms with Crippen LogP contribution in [0.1, 0.15) is 37.0 Å². The van der Waals surface area contributed by atoms with E-state index in [2.05, 4.69) is 5.32 Å². The lowest BCUT2D eigenvalue weighted by atomic mass is 10.0. The van der Waals surface area contributed by atoms with Crippen molar-refractivity contribution >= 4 is 50.7 Å². The van der Waals surface area contributed by atoms with E-state index in [4.69, 9.17) is 27.9 Å². The summed E-state index contributed by atoms with van der Waals surface area (Å²) in [6.07, 6.45) is 0.890. The molecule has 0 unspecified atom stereocenters. The first-order chi connectivity index (χ1) is 22.4. The molecule has 0 spiro atoms. The van der Waals surface area contributed by atoms with E-state index in [9.17, 15) is 18.0 Å². The number of nitrogens with one attached hydrogen (secondary N) is 1. The average molecular weight is 697 g/mol. The molecule has 0 saturated heterocycles. The van der Waals surface area contributed by atoms with Crippen LogP contribution in [0.5, 0.6) is 5.75 Å². The maximum Gasteiger partial charge on any atom is 0.264 e. The van der Waals surface area contributed by atoms with Crippen molar-refractivity contribution in [2.75, 3.05) is 18.0 Å². The molecular formula is C36H39Cl2N3O5S. The Morgan fingerprint density at radius 3 is 2.19 bits per heavy atom. The second-order valence-corrected chi connectivity index (χ2v) is 14.0. The predicted molar refractivity (Wildman–Crippen MR) is 188 cm³/mol. The number of hydrogen-bond acceptors (Lipinski definition) is 5. The van der Waals surface area contributed by atoms with Gasteiger partial charge in [-0.05, 0) is 73.9 Å². The van der Waals surface area contributed by atoms with Crippen LogP contribution in [-0.2, 0) is 32.6 Å². The Morgan fingerprint density at radius 1 is 0.894 bits per heavy atom. The van der Waals surface area contributed by atoms with Crippen LogP contribution in [0.25, 0.3) is 0 Å². The Hall–Kier alpha value is -4.05. The fourth-order valence-electron chi connectivity index (χ4n) is 5.00. The van der Waals surface area contributed by atoms with Gasteiger partial charge in [-0.15, -0.1) is 0 Å². The molecule has 0 saturated carbocycles. The molecular weight excluding hydrogens is 657 g/mol. The van der Waals surface area contributed by atoms with Gasteiger partial charge in [-0.3, -0.25) is 13.9 Å². The van der Waals surface area contributed by atoms with Crippen LogP contribution in [-0.4, -0.2) is 50.9 Å². The fraction of sp³-hybridized carbons (Fsp3) is 0.278. The van der Waals surface area contributed by atoms with Crippen LogP contribution in [0.4, 0.5) is 5.69 Å². The van der Waals surface area contributed by atoms with Crippen molar-refractivity contribution in [3.8, 4) is 5.75 Å². The van der Waals surface area contributed by atoms with Gasteiger partial charge in [0.05, 0.1) is 22.7 Å². The van der Waals surface area contributed by atoms with Crippen LogP contribution in [0.3, 0.4) is 0 Å². The molecule has 4 aromatic rings. The maximum atomic E-state index is 14.6. The van der Waals surface area contributed by atoms with Gasteiger partial charge in [-0.2, -0.15) is 0 Å². The summed E-state index contributed by atoms with van der Waals surface area (Å²) in [6, 6.07) is 26.2. The lowest BCUT2D eigenvalue weighted by Gasteiger charge is -2.34. The van der Waals surface area contributed by atoms with Gasteiger partial charge in [-0.1, -0.05) is 90.3 Å². The summed E-state index contributed by atoms with van der Waals surface area (Å²) in [5, 5.41) is 3.67. The zero-order valence-corrected chi connectivity index (χ0v) is 29.1. The Kier molecular flexibility index (Phi) is 12.3. The number of ether oxygens (including phenoxy) is 1. The summed E-state index contributed by atoms with van der Waals surface area (Å²) < 4.78 is 34.8. The van der Waals surface area contributed by atoms with Crippen LogP contribution < -0.4 is 14.4 Å². The molecule has 8 nitrogen and oxygen atoms in total. The minimum Gasteiger partial charge on any atom is -0.495 e. The van der Waals surface area contributed by atoms with E-state index in [-0.39, 0.29) is 40.5 Å². The first-order valence-corrected chi connectivity index (χ1v) is 17.4. The topological polar surface area (TPSA) is 96.0 Å². The van der Waals surface area contributed by atoms with Gasteiger partial charge < -0.3 is 15.0 Å². The molecule has 0 aliphatic rings. The number of halogens is 2. The van der Waals surface area contributed by atoms with E-state index < -0.39 is 28.5 Å². The number of carbonyl (C=O) groups excluding carboxylic acids is 2. The summed E-state index contributed by atoms with van der Waals surface area (Å²) >= 11 is 12.8. The van der Waals surface area contributed by atoms with Crippen molar-refractivity contribution in [2.24, 2.45) is 0 Å². The molecule has 0 aliphatic carbocycles. The average Bonchev–Trinajstić information content (AvgIpc) is 3.05. The second-order valence-electron chi connectivity index (χ2n) is 11.3. The SMILES string of the molecule is CC[C@@H](C)NC(=O)[C@H](Cc1ccccc1)N(Cc1cccc(Cl)c1)C(=O)CN(c1ccc(OC)c(Cl)c1)S(=O)(=O)c1ccc(C)cc1.